The molecule has 0 spiro atoms. The third-order valence-electron chi connectivity index (χ3n) is 4.13. The number of aromatic amines is 1. The largest absolute Gasteiger partial charge is 0.435 e. The molecule has 0 aromatic carbocycles. The Kier molecular flexibility index (Phi) is 4.02. The minimum atomic E-state index is -4.58. The zero-order chi connectivity index (χ0) is 18.3. The quantitative estimate of drug-likeness (QED) is 0.696. The number of anilines is 2. The maximum Gasteiger partial charge on any atom is 0.435 e. The summed E-state index contributed by atoms with van der Waals surface area (Å²) in [5.41, 5.74) is -0.0457. The van der Waals surface area contributed by atoms with Crippen molar-refractivity contribution < 1.29 is 17.9 Å². The van der Waals surface area contributed by atoms with Gasteiger partial charge >= 0.3 is 6.18 Å². The van der Waals surface area contributed by atoms with E-state index < -0.39 is 11.9 Å². The molecular weight excluding hydrogens is 351 g/mol. The molecular formula is C15H16F3N7O. The molecule has 8 nitrogen and oxygen atoms in total. The van der Waals surface area contributed by atoms with Crippen molar-refractivity contribution in [2.24, 2.45) is 0 Å². The van der Waals surface area contributed by atoms with Gasteiger partial charge in [-0.25, -0.2) is 9.97 Å². The van der Waals surface area contributed by atoms with Gasteiger partial charge in [0.2, 0.25) is 0 Å². The summed E-state index contributed by atoms with van der Waals surface area (Å²) in [5, 5.41) is 13.2. The minimum Gasteiger partial charge on any atom is -0.383 e. The predicted octanol–water partition coefficient (Wildman–Crippen LogP) is 2.84. The summed E-state index contributed by atoms with van der Waals surface area (Å²) >= 11 is 0. The van der Waals surface area contributed by atoms with Crippen molar-refractivity contribution in [3.05, 3.63) is 23.9 Å². The van der Waals surface area contributed by atoms with Crippen LogP contribution in [0.2, 0.25) is 0 Å². The lowest BCUT2D eigenvalue weighted by molar-refractivity contribution is -0.143. The lowest BCUT2D eigenvalue weighted by Crippen LogP contribution is -2.18. The number of rotatable bonds is 6. The summed E-state index contributed by atoms with van der Waals surface area (Å²) in [6.07, 6.45) is 0.0451. The van der Waals surface area contributed by atoms with E-state index in [2.05, 4.69) is 30.6 Å². The molecule has 0 unspecified atom stereocenters. The van der Waals surface area contributed by atoms with Gasteiger partial charge in [-0.05, 0) is 12.8 Å². The van der Waals surface area contributed by atoms with Crippen molar-refractivity contribution in [2.45, 2.75) is 31.5 Å². The van der Waals surface area contributed by atoms with Crippen LogP contribution >= 0.6 is 0 Å². The topological polar surface area (TPSA) is 93.5 Å². The lowest BCUT2D eigenvalue weighted by Gasteiger charge is -2.13. The first-order valence-electron chi connectivity index (χ1n) is 8.07. The number of alkyl halides is 3. The number of ether oxygens (including phenoxy) is 1. The van der Waals surface area contributed by atoms with E-state index in [-0.39, 0.29) is 30.6 Å². The molecule has 11 heteroatoms. The molecule has 4 rings (SSSR count). The lowest BCUT2D eigenvalue weighted by atomic mass is 10.3. The molecule has 2 N–H and O–H groups in total. The first kappa shape index (κ1) is 16.8. The van der Waals surface area contributed by atoms with E-state index in [4.69, 9.17) is 4.74 Å². The highest BCUT2D eigenvalue weighted by atomic mass is 19.4. The molecule has 3 heterocycles. The van der Waals surface area contributed by atoms with Crippen molar-refractivity contribution >= 4 is 22.5 Å². The number of halogens is 3. The summed E-state index contributed by atoms with van der Waals surface area (Å²) in [4.78, 5) is 8.81. The molecule has 1 saturated carbocycles. The third-order valence-corrected chi connectivity index (χ3v) is 4.13. The monoisotopic (exact) mass is 367 g/mol. The molecule has 0 aliphatic heterocycles. The molecule has 0 saturated heterocycles. The van der Waals surface area contributed by atoms with E-state index in [1.54, 1.807) is 0 Å². The number of hydrogen-bond acceptors (Lipinski definition) is 6. The molecule has 0 radical (unpaired) electrons. The van der Waals surface area contributed by atoms with Gasteiger partial charge in [0.25, 0.3) is 0 Å². The fraction of sp³-hybridized carbons (Fsp3) is 0.467. The van der Waals surface area contributed by atoms with Crippen LogP contribution < -0.4 is 5.32 Å². The number of hydrogen-bond donors (Lipinski definition) is 2. The average molecular weight is 367 g/mol. The zero-order valence-electron chi connectivity index (χ0n) is 13.8. The second-order valence-electron chi connectivity index (χ2n) is 6.08. The fourth-order valence-electron chi connectivity index (χ4n) is 2.72. The van der Waals surface area contributed by atoms with E-state index in [0.717, 1.165) is 23.7 Å². The van der Waals surface area contributed by atoms with Crippen molar-refractivity contribution in [2.75, 3.05) is 19.0 Å². The van der Waals surface area contributed by atoms with Gasteiger partial charge in [-0.3, -0.25) is 9.78 Å². The van der Waals surface area contributed by atoms with Gasteiger partial charge in [0.15, 0.2) is 11.5 Å². The number of aromatic nitrogens is 6. The van der Waals surface area contributed by atoms with E-state index in [1.165, 1.54) is 13.3 Å². The fourth-order valence-corrected chi connectivity index (χ4v) is 2.72. The highest BCUT2D eigenvalue weighted by molar-refractivity contribution is 5.87. The van der Waals surface area contributed by atoms with Crippen LogP contribution in [0.15, 0.2) is 12.4 Å². The predicted molar refractivity (Wildman–Crippen MR) is 86.0 cm³/mol. The van der Waals surface area contributed by atoms with Crippen LogP contribution in [0.5, 0.6) is 0 Å². The van der Waals surface area contributed by atoms with E-state index >= 15 is 0 Å². The van der Waals surface area contributed by atoms with Gasteiger partial charge in [0.05, 0.1) is 31.2 Å². The zero-order valence-corrected chi connectivity index (χ0v) is 13.8. The maximum atomic E-state index is 13.5. The Bertz CT molecular complexity index is 929. The Balaban J connectivity index is 1.74. The molecule has 3 aromatic heterocycles. The summed E-state index contributed by atoms with van der Waals surface area (Å²) in [6, 6.07) is 0. The smallest absolute Gasteiger partial charge is 0.383 e. The van der Waals surface area contributed by atoms with Gasteiger partial charge in [-0.2, -0.15) is 23.4 Å². The standard InChI is InChI=1S/C15H16F3N7O/c1-26-5-4-25-12(15(16,17)18)10(7-20-25)22-14-11-9(6-19-24-11)21-13(23-14)8-2-3-8/h6-8H,2-5H2,1H3,(H,19,24)(H,21,22,23). The minimum absolute atomic E-state index is 0.0103. The second-order valence-corrected chi connectivity index (χ2v) is 6.08. The summed E-state index contributed by atoms with van der Waals surface area (Å²) in [6.45, 7) is 0.109. The van der Waals surface area contributed by atoms with Crippen molar-refractivity contribution in [3.8, 4) is 0 Å². The van der Waals surface area contributed by atoms with Gasteiger partial charge in [-0.15, -0.1) is 0 Å². The van der Waals surface area contributed by atoms with Crippen molar-refractivity contribution in [3.63, 3.8) is 0 Å². The Morgan fingerprint density at radius 1 is 1.31 bits per heavy atom. The highest BCUT2D eigenvalue weighted by Crippen LogP contribution is 2.40. The first-order valence-corrected chi connectivity index (χ1v) is 8.07. The second kappa shape index (κ2) is 6.24. The molecule has 1 fully saturated rings. The summed E-state index contributed by atoms with van der Waals surface area (Å²) in [5.74, 6) is 1.12. The van der Waals surface area contributed by atoms with E-state index in [0.29, 0.717) is 16.9 Å². The van der Waals surface area contributed by atoms with Gasteiger partial charge in [-0.1, -0.05) is 0 Å². The normalized spacial score (nSPS) is 14.9. The van der Waals surface area contributed by atoms with Crippen LogP contribution in [0.25, 0.3) is 11.0 Å². The molecule has 1 aliphatic rings. The average Bonchev–Trinajstić information content (AvgIpc) is 3.18. The van der Waals surface area contributed by atoms with Crippen molar-refractivity contribution in [1.29, 1.82) is 0 Å². The Hall–Kier alpha value is -2.69. The third kappa shape index (κ3) is 3.09. The Labute approximate surface area is 145 Å². The summed E-state index contributed by atoms with van der Waals surface area (Å²) < 4.78 is 46.4. The molecule has 3 aromatic rings. The number of methoxy groups -OCH3 is 1. The Morgan fingerprint density at radius 3 is 2.81 bits per heavy atom. The number of nitrogens with one attached hydrogen (secondary N) is 2. The van der Waals surface area contributed by atoms with Gasteiger partial charge in [0, 0.05) is 13.0 Å². The van der Waals surface area contributed by atoms with Crippen molar-refractivity contribution in [1.82, 2.24) is 29.9 Å². The van der Waals surface area contributed by atoms with Gasteiger partial charge in [0.1, 0.15) is 16.9 Å². The molecule has 138 valence electrons. The molecule has 26 heavy (non-hydrogen) atoms. The summed E-state index contributed by atoms with van der Waals surface area (Å²) in [7, 11) is 1.42. The van der Waals surface area contributed by atoms with Crippen LogP contribution in [0, 0.1) is 0 Å². The molecule has 0 atom stereocenters. The molecule has 1 aliphatic carbocycles. The number of fused-ring (bicyclic) bond motifs is 1. The molecule has 0 amide bonds. The van der Waals surface area contributed by atoms with E-state index in [1.807, 2.05) is 0 Å². The number of nitrogens with zero attached hydrogens (tertiary/aromatic N) is 5. The maximum absolute atomic E-state index is 13.5. The van der Waals surface area contributed by atoms with Crippen LogP contribution in [-0.2, 0) is 17.5 Å². The SMILES string of the molecule is COCCn1ncc(Nc2nc(C3CC3)nc3cn[nH]c23)c1C(F)(F)F. The van der Waals surface area contributed by atoms with Crippen LogP contribution in [0.3, 0.4) is 0 Å². The van der Waals surface area contributed by atoms with Crippen LogP contribution in [0.1, 0.15) is 30.3 Å². The van der Waals surface area contributed by atoms with Crippen LogP contribution in [0.4, 0.5) is 24.7 Å². The Morgan fingerprint density at radius 2 is 2.12 bits per heavy atom. The van der Waals surface area contributed by atoms with Crippen LogP contribution in [-0.4, -0.2) is 43.7 Å². The highest BCUT2D eigenvalue weighted by Gasteiger charge is 2.38. The van der Waals surface area contributed by atoms with Gasteiger partial charge < -0.3 is 10.1 Å². The van der Waals surface area contributed by atoms with E-state index in [9.17, 15) is 13.2 Å². The first-order chi connectivity index (χ1) is 12.5. The number of H-pyrrole nitrogens is 1. The molecule has 0 bridgehead atoms.